The summed E-state index contributed by atoms with van der Waals surface area (Å²) >= 11 is -0.0582. The number of alkyl halides is 1. The molecule has 1 saturated heterocycles. The molecule has 32 heavy (non-hydrogen) atoms. The van der Waals surface area contributed by atoms with Crippen molar-refractivity contribution in [2.75, 3.05) is 23.0 Å². The van der Waals surface area contributed by atoms with E-state index in [0.717, 1.165) is 22.1 Å². The van der Waals surface area contributed by atoms with E-state index in [4.69, 9.17) is 4.74 Å². The number of fused-ring (bicyclic) bond motifs is 1. The Labute approximate surface area is 195 Å². The van der Waals surface area contributed by atoms with E-state index in [0.29, 0.717) is 22.9 Å². The number of pyridine rings is 1. The average Bonchev–Trinajstić information content (AvgIpc) is 3.44. The van der Waals surface area contributed by atoms with Crippen molar-refractivity contribution in [2.24, 2.45) is 0 Å². The van der Waals surface area contributed by atoms with E-state index >= 15 is 0 Å². The van der Waals surface area contributed by atoms with Crippen LogP contribution in [0, 0.1) is 5.82 Å². The number of aromatic nitrogens is 3. The third-order valence-corrected chi connectivity index (χ3v) is 7.72. The average molecular weight is 546 g/mol. The summed E-state index contributed by atoms with van der Waals surface area (Å²) in [4.78, 5) is 4.51. The van der Waals surface area contributed by atoms with Gasteiger partial charge in [-0.1, -0.05) is 0 Å². The molecule has 3 heterocycles. The molecule has 0 bridgehead atoms. The van der Waals surface area contributed by atoms with Crippen LogP contribution in [0.1, 0.15) is 12.8 Å². The second-order valence-corrected chi connectivity index (χ2v) is 10.1. The van der Waals surface area contributed by atoms with E-state index in [-0.39, 0.29) is 27.2 Å². The first-order chi connectivity index (χ1) is 15.7. The number of ether oxygens (including phenoxy) is 1. The summed E-state index contributed by atoms with van der Waals surface area (Å²) in [6.45, 7) is 2.43. The van der Waals surface area contributed by atoms with Crippen LogP contribution in [-0.4, -0.2) is 40.5 Å². The molecule has 0 amide bonds. The fourth-order valence-electron chi connectivity index (χ4n) is 3.60. The van der Waals surface area contributed by atoms with E-state index in [1.165, 1.54) is 38.1 Å². The van der Waals surface area contributed by atoms with Crippen LogP contribution < -0.4 is 31.5 Å². The number of hydrogen-bond acceptors (Lipinski definition) is 6. The van der Waals surface area contributed by atoms with E-state index in [2.05, 4.69) is 18.5 Å². The Balaban J connectivity index is 1.29. The van der Waals surface area contributed by atoms with Crippen LogP contribution in [0.3, 0.4) is 0 Å². The summed E-state index contributed by atoms with van der Waals surface area (Å²) in [5.74, 6) is 0.633. The number of anilines is 2. The Bertz CT molecular complexity index is 1230. The molecular weight excluding hydrogens is 524 g/mol. The van der Waals surface area contributed by atoms with Gasteiger partial charge in [0.05, 0.1) is 0 Å². The van der Waals surface area contributed by atoms with Gasteiger partial charge >= 0.3 is 157 Å². The number of hydrogen-bond donors (Lipinski definition) is 2. The molecule has 0 atom stereocenters. The Hall–Kier alpha value is -2.92. The number of benzene rings is 2. The van der Waals surface area contributed by atoms with Crippen LogP contribution in [0.2, 0.25) is 0 Å². The second kappa shape index (κ2) is 9.29. The number of phenolic OH excluding ortho intramolecular Hbond substituents is 1. The number of rotatable bonds is 7. The maximum absolute atomic E-state index is 13.4. The minimum absolute atomic E-state index is 0.0582. The van der Waals surface area contributed by atoms with Gasteiger partial charge in [0.1, 0.15) is 11.6 Å². The molecule has 5 rings (SSSR count). The predicted molar refractivity (Wildman–Crippen MR) is 116 cm³/mol. The quantitative estimate of drug-likeness (QED) is 0.208. The van der Waals surface area contributed by atoms with Crippen LogP contribution >= 0.6 is 0 Å². The van der Waals surface area contributed by atoms with Gasteiger partial charge in [0.25, 0.3) is 0 Å². The van der Waals surface area contributed by atoms with Crippen LogP contribution in [0.5, 0.6) is 11.5 Å². The first-order valence-electron chi connectivity index (χ1n) is 10.3. The van der Waals surface area contributed by atoms with Crippen molar-refractivity contribution in [1.82, 2.24) is 17.7 Å². The predicted octanol–water partition coefficient (Wildman–Crippen LogP) is 1.42. The van der Waals surface area contributed by atoms with Gasteiger partial charge in [0.15, 0.2) is 0 Å². The van der Waals surface area contributed by atoms with Crippen molar-refractivity contribution in [3.05, 3.63) is 66.5 Å². The summed E-state index contributed by atoms with van der Waals surface area (Å²) < 4.78 is 24.2. The summed E-state index contributed by atoms with van der Waals surface area (Å²) in [5.41, 5.74) is 2.55. The molecule has 166 valence electrons. The van der Waals surface area contributed by atoms with Crippen LogP contribution in [0.15, 0.2) is 60.7 Å². The van der Waals surface area contributed by atoms with Gasteiger partial charge in [0, 0.05) is 6.07 Å². The number of halogens is 2. The zero-order valence-corrected chi connectivity index (χ0v) is 19.4. The maximum atomic E-state index is 13.4. The molecule has 2 aromatic carbocycles. The van der Waals surface area contributed by atoms with Crippen LogP contribution in [0.25, 0.3) is 16.9 Å². The summed E-state index contributed by atoms with van der Waals surface area (Å²) in [6.07, 6.45) is 2.62. The SMILES string of the molecule is Oc1cc(F)ccc1-c1cccc2nc(Nc3ccc(OC[I-]N4CCCC4)cc3)nn12. The Morgan fingerprint density at radius 1 is 1.06 bits per heavy atom. The number of nitrogens with one attached hydrogen (secondary N) is 1. The molecule has 7 nitrogen and oxygen atoms in total. The molecule has 0 aliphatic carbocycles. The van der Waals surface area contributed by atoms with Gasteiger partial charge in [-0.3, -0.25) is 0 Å². The molecule has 4 aromatic rings. The zero-order chi connectivity index (χ0) is 21.9. The van der Waals surface area contributed by atoms with Crippen molar-refractivity contribution in [3.63, 3.8) is 0 Å². The van der Waals surface area contributed by atoms with Gasteiger partial charge in [0.2, 0.25) is 0 Å². The molecule has 2 N–H and O–H groups in total. The van der Waals surface area contributed by atoms with E-state index in [1.54, 1.807) is 10.6 Å². The van der Waals surface area contributed by atoms with Gasteiger partial charge in [-0.15, -0.1) is 0 Å². The molecule has 1 fully saturated rings. The number of phenols is 1. The molecule has 0 saturated carbocycles. The summed E-state index contributed by atoms with van der Waals surface area (Å²) in [6, 6.07) is 17.1. The van der Waals surface area contributed by atoms with Gasteiger partial charge in [-0.25, -0.2) is 4.39 Å². The molecular formula is C23H22FIN5O2-. The second-order valence-electron chi connectivity index (χ2n) is 7.42. The van der Waals surface area contributed by atoms with Crippen molar-refractivity contribution in [2.45, 2.75) is 12.8 Å². The van der Waals surface area contributed by atoms with Gasteiger partial charge in [-0.05, 0) is 12.1 Å². The third kappa shape index (κ3) is 4.63. The van der Waals surface area contributed by atoms with E-state index in [9.17, 15) is 9.50 Å². The van der Waals surface area contributed by atoms with Crippen molar-refractivity contribution < 1.29 is 35.7 Å². The summed E-state index contributed by atoms with van der Waals surface area (Å²) in [5, 5.41) is 17.9. The standard InChI is InChI=1S/C23H22FIN5O2/c24-16-6-11-19(21(31)14-16)20-4-3-5-22-27-23(28-30(20)22)26-17-7-9-18(10-8-17)32-15-25-29-12-1-2-13-29/h3-11,14,31H,1-2,12-13,15H2,(H,26,28)/q-1. The molecule has 1 aliphatic heterocycles. The fraction of sp³-hybridized carbons (Fsp3) is 0.217. The van der Waals surface area contributed by atoms with Crippen molar-refractivity contribution >= 4 is 17.3 Å². The van der Waals surface area contributed by atoms with Gasteiger partial charge in [-0.2, -0.15) is 0 Å². The summed E-state index contributed by atoms with van der Waals surface area (Å²) in [7, 11) is 0. The number of nitrogens with zero attached hydrogens (tertiary/aromatic N) is 4. The van der Waals surface area contributed by atoms with Crippen LogP contribution in [0.4, 0.5) is 16.0 Å². The van der Waals surface area contributed by atoms with Crippen molar-refractivity contribution in [1.29, 1.82) is 0 Å². The molecule has 0 spiro atoms. The minimum atomic E-state index is -0.496. The van der Waals surface area contributed by atoms with Crippen LogP contribution in [-0.2, 0) is 0 Å². The monoisotopic (exact) mass is 546 g/mol. The first-order valence-corrected chi connectivity index (χ1v) is 12.8. The molecule has 0 unspecified atom stereocenters. The third-order valence-electron chi connectivity index (χ3n) is 5.20. The molecule has 1 aliphatic rings. The first kappa shape index (κ1) is 21.0. The van der Waals surface area contributed by atoms with E-state index in [1.807, 2.05) is 36.4 Å². The van der Waals surface area contributed by atoms with Crippen molar-refractivity contribution in [3.8, 4) is 22.8 Å². The Morgan fingerprint density at radius 2 is 1.88 bits per heavy atom. The fourth-order valence-corrected chi connectivity index (χ4v) is 5.86. The topological polar surface area (TPSA) is 74.9 Å². The molecule has 9 heteroatoms. The Kier molecular flexibility index (Phi) is 6.08. The zero-order valence-electron chi connectivity index (χ0n) is 17.2. The molecule has 0 radical (unpaired) electrons. The van der Waals surface area contributed by atoms with E-state index < -0.39 is 5.82 Å². The Morgan fingerprint density at radius 3 is 2.66 bits per heavy atom. The van der Waals surface area contributed by atoms with Gasteiger partial charge < -0.3 is 5.11 Å². The normalized spacial score (nSPS) is 14.3. The molecule has 2 aromatic heterocycles. The number of aromatic hydroxyl groups is 1.